The van der Waals surface area contributed by atoms with E-state index in [1.165, 1.54) is 6.20 Å². The van der Waals surface area contributed by atoms with Gasteiger partial charge in [-0.25, -0.2) is 14.3 Å². The number of benzene rings is 2. The van der Waals surface area contributed by atoms with Crippen molar-refractivity contribution in [2.45, 2.75) is 20.0 Å². The quantitative estimate of drug-likeness (QED) is 0.511. The molecule has 2 aromatic carbocycles. The number of ether oxygens (including phenoxy) is 1. The molecule has 27 heavy (non-hydrogen) atoms. The molecule has 2 heterocycles. The summed E-state index contributed by atoms with van der Waals surface area (Å²) >= 11 is 0. The molecule has 0 saturated heterocycles. The zero-order chi connectivity index (χ0) is 18.8. The molecular weight excluding hydrogens is 338 g/mol. The van der Waals surface area contributed by atoms with E-state index in [2.05, 4.69) is 10.1 Å². The summed E-state index contributed by atoms with van der Waals surface area (Å²) in [4.78, 5) is 17.5. The van der Waals surface area contributed by atoms with Crippen LogP contribution in [0.4, 0.5) is 0 Å². The Morgan fingerprint density at radius 1 is 0.963 bits per heavy atom. The molecule has 2 aromatic heterocycles. The highest BCUT2D eigenvalue weighted by molar-refractivity contribution is 5.95. The molecule has 0 aliphatic carbocycles. The maximum absolute atomic E-state index is 13.0. The Kier molecular flexibility index (Phi) is 4.42. The van der Waals surface area contributed by atoms with E-state index in [0.29, 0.717) is 11.2 Å². The smallest absolute Gasteiger partial charge is 0.344 e. The number of nitrogens with zero attached hydrogens (tertiary/aromatic N) is 3. The molecule has 0 radical (unpaired) electrons. The molecule has 4 aromatic rings. The summed E-state index contributed by atoms with van der Waals surface area (Å²) in [6, 6.07) is 21.3. The van der Waals surface area contributed by atoms with Crippen molar-refractivity contribution in [2.24, 2.45) is 0 Å². The molecular formula is C22H19N3O2. The Morgan fingerprint density at radius 3 is 2.15 bits per heavy atom. The molecule has 0 fully saturated rings. The van der Waals surface area contributed by atoms with Crippen molar-refractivity contribution in [3.05, 3.63) is 101 Å². The van der Waals surface area contributed by atoms with Crippen LogP contribution >= 0.6 is 0 Å². The van der Waals surface area contributed by atoms with Gasteiger partial charge in [-0.05, 0) is 31.0 Å². The van der Waals surface area contributed by atoms with Crippen molar-refractivity contribution in [2.75, 3.05) is 0 Å². The van der Waals surface area contributed by atoms with E-state index >= 15 is 0 Å². The minimum absolute atomic E-state index is 0.360. The van der Waals surface area contributed by atoms with Crippen molar-refractivity contribution in [3.8, 4) is 0 Å². The minimum atomic E-state index is -0.499. The molecule has 0 saturated carbocycles. The lowest BCUT2D eigenvalue weighted by molar-refractivity contribution is 0.0380. The molecule has 0 aliphatic heterocycles. The molecule has 0 aliphatic rings. The van der Waals surface area contributed by atoms with Crippen LogP contribution in [0.2, 0.25) is 0 Å². The fraction of sp³-hybridized carbons (Fsp3) is 0.136. The van der Waals surface area contributed by atoms with Gasteiger partial charge >= 0.3 is 5.97 Å². The number of rotatable bonds is 4. The molecule has 5 nitrogen and oxygen atoms in total. The second kappa shape index (κ2) is 7.03. The predicted octanol–water partition coefficient (Wildman–Crippen LogP) is 4.29. The van der Waals surface area contributed by atoms with E-state index in [9.17, 15) is 4.79 Å². The van der Waals surface area contributed by atoms with Crippen LogP contribution in [0.15, 0.2) is 72.9 Å². The number of carbonyl (C=O) groups excluding carboxylic acids is 1. The van der Waals surface area contributed by atoms with Crippen LogP contribution in [0, 0.1) is 13.8 Å². The van der Waals surface area contributed by atoms with Crippen LogP contribution in [0.5, 0.6) is 0 Å². The van der Waals surface area contributed by atoms with Crippen molar-refractivity contribution < 1.29 is 9.53 Å². The Bertz CT molecular complexity index is 1050. The SMILES string of the molecule is Cc1cc(C)n2ncc(C(=O)OC(c3ccccc3)c3ccccc3)c2n1. The molecule has 0 amide bonds. The number of aryl methyl sites for hydroxylation is 2. The van der Waals surface area contributed by atoms with Gasteiger partial charge in [-0.3, -0.25) is 0 Å². The number of aromatic nitrogens is 3. The predicted molar refractivity (Wildman–Crippen MR) is 103 cm³/mol. The summed E-state index contributed by atoms with van der Waals surface area (Å²) in [5, 5.41) is 4.29. The van der Waals surface area contributed by atoms with Crippen LogP contribution < -0.4 is 0 Å². The Morgan fingerprint density at radius 2 is 1.56 bits per heavy atom. The second-order valence-electron chi connectivity index (χ2n) is 6.44. The van der Waals surface area contributed by atoms with Gasteiger partial charge in [0.1, 0.15) is 5.56 Å². The first-order valence-electron chi connectivity index (χ1n) is 8.76. The van der Waals surface area contributed by atoms with Crippen LogP contribution in [-0.4, -0.2) is 20.6 Å². The van der Waals surface area contributed by atoms with Gasteiger partial charge in [0.2, 0.25) is 0 Å². The van der Waals surface area contributed by atoms with Gasteiger partial charge in [-0.15, -0.1) is 0 Å². The Balaban J connectivity index is 1.73. The Hall–Kier alpha value is -3.47. The fourth-order valence-electron chi connectivity index (χ4n) is 3.17. The number of carbonyl (C=O) groups is 1. The number of hydrogen-bond donors (Lipinski definition) is 0. The first kappa shape index (κ1) is 17.0. The third kappa shape index (κ3) is 3.31. The average molecular weight is 357 g/mol. The third-order valence-electron chi connectivity index (χ3n) is 4.43. The normalized spacial score (nSPS) is 11.1. The fourth-order valence-corrected chi connectivity index (χ4v) is 3.17. The zero-order valence-corrected chi connectivity index (χ0v) is 15.2. The molecule has 134 valence electrons. The van der Waals surface area contributed by atoms with Gasteiger partial charge in [0, 0.05) is 11.4 Å². The summed E-state index contributed by atoms with van der Waals surface area (Å²) in [6.07, 6.45) is 1.02. The summed E-state index contributed by atoms with van der Waals surface area (Å²) in [6.45, 7) is 3.83. The first-order chi connectivity index (χ1) is 13.1. The molecule has 0 N–H and O–H groups in total. The van der Waals surface area contributed by atoms with E-state index in [0.717, 1.165) is 22.5 Å². The van der Waals surface area contributed by atoms with Gasteiger partial charge in [-0.2, -0.15) is 5.10 Å². The van der Waals surface area contributed by atoms with E-state index < -0.39 is 12.1 Å². The lowest BCUT2D eigenvalue weighted by Crippen LogP contribution is -2.13. The van der Waals surface area contributed by atoms with Gasteiger partial charge in [-0.1, -0.05) is 60.7 Å². The van der Waals surface area contributed by atoms with Gasteiger partial charge < -0.3 is 4.74 Å². The van der Waals surface area contributed by atoms with Crippen molar-refractivity contribution in [1.82, 2.24) is 14.6 Å². The van der Waals surface area contributed by atoms with Crippen molar-refractivity contribution in [3.63, 3.8) is 0 Å². The van der Waals surface area contributed by atoms with Gasteiger partial charge in [0.15, 0.2) is 11.8 Å². The van der Waals surface area contributed by atoms with Crippen molar-refractivity contribution in [1.29, 1.82) is 0 Å². The van der Waals surface area contributed by atoms with E-state index in [-0.39, 0.29) is 0 Å². The summed E-state index contributed by atoms with van der Waals surface area (Å²) in [5.41, 5.74) is 4.44. The summed E-state index contributed by atoms with van der Waals surface area (Å²) in [7, 11) is 0. The summed E-state index contributed by atoms with van der Waals surface area (Å²) < 4.78 is 7.58. The third-order valence-corrected chi connectivity index (χ3v) is 4.43. The molecule has 0 spiro atoms. The average Bonchev–Trinajstić information content (AvgIpc) is 3.11. The lowest BCUT2D eigenvalue weighted by atomic mass is 10.0. The number of hydrogen-bond acceptors (Lipinski definition) is 4. The zero-order valence-electron chi connectivity index (χ0n) is 15.2. The van der Waals surface area contributed by atoms with Gasteiger partial charge in [0.25, 0.3) is 0 Å². The topological polar surface area (TPSA) is 56.5 Å². The number of esters is 1. The Labute approximate surface area is 157 Å². The molecule has 5 heteroatoms. The largest absolute Gasteiger partial charge is 0.449 e. The van der Waals surface area contributed by atoms with Crippen molar-refractivity contribution >= 4 is 11.6 Å². The highest BCUT2D eigenvalue weighted by atomic mass is 16.5. The summed E-state index contributed by atoms with van der Waals surface area (Å²) in [5.74, 6) is -0.444. The van der Waals surface area contributed by atoms with Gasteiger partial charge in [0.05, 0.1) is 6.20 Å². The highest BCUT2D eigenvalue weighted by Gasteiger charge is 2.23. The van der Waals surface area contributed by atoms with E-state index in [4.69, 9.17) is 4.74 Å². The van der Waals surface area contributed by atoms with Crippen LogP contribution in [-0.2, 0) is 4.74 Å². The van der Waals surface area contributed by atoms with E-state index in [1.54, 1.807) is 4.52 Å². The van der Waals surface area contributed by atoms with Crippen LogP contribution in [0.25, 0.3) is 5.65 Å². The van der Waals surface area contributed by atoms with E-state index in [1.807, 2.05) is 80.6 Å². The minimum Gasteiger partial charge on any atom is -0.449 e. The molecule has 0 bridgehead atoms. The number of fused-ring (bicyclic) bond motifs is 1. The lowest BCUT2D eigenvalue weighted by Gasteiger charge is -2.18. The first-order valence-corrected chi connectivity index (χ1v) is 8.76. The molecule has 0 atom stereocenters. The maximum atomic E-state index is 13.0. The van der Waals surface area contributed by atoms with Crippen LogP contribution in [0.3, 0.4) is 0 Å². The molecule has 0 unspecified atom stereocenters. The second-order valence-corrected chi connectivity index (χ2v) is 6.44. The monoisotopic (exact) mass is 357 g/mol. The maximum Gasteiger partial charge on any atom is 0.344 e. The highest BCUT2D eigenvalue weighted by Crippen LogP contribution is 2.27. The standard InChI is InChI=1S/C22H19N3O2/c1-15-13-16(2)25-21(24-15)19(14-23-25)22(26)27-20(17-9-5-3-6-10-17)18-11-7-4-8-12-18/h3-14,20H,1-2H3. The van der Waals surface area contributed by atoms with Crippen LogP contribution in [0.1, 0.15) is 39.0 Å². The molecule has 4 rings (SSSR count).